The lowest BCUT2D eigenvalue weighted by Crippen LogP contribution is -2.30. The lowest BCUT2D eigenvalue weighted by Gasteiger charge is -2.17. The van der Waals surface area contributed by atoms with Crippen LogP contribution in [0.2, 0.25) is 0 Å². The second-order valence-corrected chi connectivity index (χ2v) is 6.15. The van der Waals surface area contributed by atoms with Gasteiger partial charge in [0.2, 0.25) is 0 Å². The lowest BCUT2D eigenvalue weighted by molar-refractivity contribution is 0.0787. The van der Waals surface area contributed by atoms with Gasteiger partial charge in [-0.1, -0.05) is 0 Å². The molecule has 3 rings (SSSR count). The summed E-state index contributed by atoms with van der Waals surface area (Å²) in [4.78, 5) is 14.2. The molecular weight excluding hydrogens is 295 g/mol. The van der Waals surface area contributed by atoms with Crippen molar-refractivity contribution in [1.82, 2.24) is 14.7 Å². The van der Waals surface area contributed by atoms with Crippen LogP contribution in [0, 0.1) is 25.6 Å². The molecule has 2 N–H and O–H groups in total. The second kappa shape index (κ2) is 6.12. The van der Waals surface area contributed by atoms with Crippen LogP contribution < -0.4 is 5.73 Å². The molecule has 0 unspecified atom stereocenters. The highest BCUT2D eigenvalue weighted by Gasteiger charge is 2.26. The van der Waals surface area contributed by atoms with Crippen LogP contribution in [0.3, 0.4) is 0 Å². The van der Waals surface area contributed by atoms with Crippen molar-refractivity contribution in [1.29, 1.82) is 0 Å². The number of carbonyl (C=O) groups is 1. The summed E-state index contributed by atoms with van der Waals surface area (Å²) in [5.41, 5.74) is 8.05. The van der Waals surface area contributed by atoms with Gasteiger partial charge in [0, 0.05) is 24.3 Å². The third kappa shape index (κ3) is 2.99. The van der Waals surface area contributed by atoms with Crippen molar-refractivity contribution in [3.05, 3.63) is 47.0 Å². The van der Waals surface area contributed by atoms with Gasteiger partial charge in [-0.25, -0.2) is 9.07 Å². The Morgan fingerprint density at radius 3 is 2.74 bits per heavy atom. The van der Waals surface area contributed by atoms with E-state index in [-0.39, 0.29) is 5.91 Å². The smallest absolute Gasteiger partial charge is 0.253 e. The normalized spacial score (nSPS) is 17.7. The summed E-state index contributed by atoms with van der Waals surface area (Å²) in [6.07, 6.45) is 0.911. The van der Waals surface area contributed by atoms with Gasteiger partial charge in [0.15, 0.2) is 0 Å². The third-order valence-corrected chi connectivity index (χ3v) is 4.34. The molecule has 0 bridgehead atoms. The molecule has 1 aliphatic rings. The number of halogens is 1. The number of nitrogens with two attached hydrogens (primary N) is 1. The molecule has 1 atom stereocenters. The molecule has 0 saturated carbocycles. The Labute approximate surface area is 134 Å². The molecule has 122 valence electrons. The first-order valence-corrected chi connectivity index (χ1v) is 7.82. The Hall–Kier alpha value is -2.21. The summed E-state index contributed by atoms with van der Waals surface area (Å²) < 4.78 is 16.0. The van der Waals surface area contributed by atoms with Gasteiger partial charge in [0.25, 0.3) is 5.91 Å². The van der Waals surface area contributed by atoms with E-state index < -0.39 is 5.82 Å². The number of benzene rings is 1. The molecule has 23 heavy (non-hydrogen) atoms. The first kappa shape index (κ1) is 15.7. The fraction of sp³-hybridized carbons (Fsp3) is 0.412. The summed E-state index contributed by atoms with van der Waals surface area (Å²) >= 11 is 0. The molecule has 1 fully saturated rings. The minimum atomic E-state index is -0.448. The average molecular weight is 316 g/mol. The molecule has 6 heteroatoms. The molecule has 0 spiro atoms. The Balaban J connectivity index is 1.85. The molecule has 2 heterocycles. The third-order valence-electron chi connectivity index (χ3n) is 4.34. The molecule has 0 radical (unpaired) electrons. The van der Waals surface area contributed by atoms with E-state index in [1.807, 2.05) is 19.9 Å². The standard InChI is InChI=1S/C17H21FN4O/c1-11-7-12(2)22(20-11)16-4-3-14(8-15(16)18)17(23)21-6-5-13(9-19)10-21/h3-4,7-8,13H,5-6,9-10,19H2,1-2H3/t13-/m1/s1. The van der Waals surface area contributed by atoms with E-state index in [1.54, 1.807) is 21.7 Å². The van der Waals surface area contributed by atoms with Gasteiger partial charge < -0.3 is 10.6 Å². The number of amides is 1. The van der Waals surface area contributed by atoms with E-state index in [2.05, 4.69) is 5.10 Å². The van der Waals surface area contributed by atoms with Gasteiger partial charge in [-0.05, 0) is 57.0 Å². The van der Waals surface area contributed by atoms with Gasteiger partial charge in [0.05, 0.1) is 5.69 Å². The van der Waals surface area contributed by atoms with E-state index in [1.165, 1.54) is 6.07 Å². The average Bonchev–Trinajstić information content (AvgIpc) is 3.13. The number of aromatic nitrogens is 2. The molecule has 1 amide bonds. The monoisotopic (exact) mass is 316 g/mol. The zero-order chi connectivity index (χ0) is 16.6. The van der Waals surface area contributed by atoms with Crippen molar-refractivity contribution in [2.45, 2.75) is 20.3 Å². The van der Waals surface area contributed by atoms with Crippen LogP contribution in [-0.4, -0.2) is 40.2 Å². The molecular formula is C17H21FN4O. The second-order valence-electron chi connectivity index (χ2n) is 6.15. The van der Waals surface area contributed by atoms with Gasteiger partial charge in [-0.2, -0.15) is 5.10 Å². The van der Waals surface area contributed by atoms with Crippen LogP contribution in [-0.2, 0) is 0 Å². The number of rotatable bonds is 3. The predicted molar refractivity (Wildman–Crippen MR) is 86.1 cm³/mol. The fourth-order valence-electron chi connectivity index (χ4n) is 3.08. The Morgan fingerprint density at radius 1 is 1.39 bits per heavy atom. The van der Waals surface area contributed by atoms with Crippen molar-refractivity contribution in [2.75, 3.05) is 19.6 Å². The van der Waals surface area contributed by atoms with Gasteiger partial charge in [0.1, 0.15) is 11.5 Å². The molecule has 1 aliphatic heterocycles. The zero-order valence-electron chi connectivity index (χ0n) is 13.4. The van der Waals surface area contributed by atoms with Crippen LogP contribution in [0.25, 0.3) is 5.69 Å². The molecule has 0 aliphatic carbocycles. The molecule has 1 aromatic carbocycles. The predicted octanol–water partition coefficient (Wildman–Crippen LogP) is 2.05. The van der Waals surface area contributed by atoms with Crippen molar-refractivity contribution >= 4 is 5.91 Å². The van der Waals surface area contributed by atoms with E-state index in [0.29, 0.717) is 36.8 Å². The van der Waals surface area contributed by atoms with Gasteiger partial charge >= 0.3 is 0 Å². The van der Waals surface area contributed by atoms with Crippen molar-refractivity contribution in [3.8, 4) is 5.69 Å². The number of nitrogens with zero attached hydrogens (tertiary/aromatic N) is 3. The van der Waals surface area contributed by atoms with Crippen LogP contribution in [0.5, 0.6) is 0 Å². The molecule has 5 nitrogen and oxygen atoms in total. The van der Waals surface area contributed by atoms with Crippen molar-refractivity contribution in [3.63, 3.8) is 0 Å². The van der Waals surface area contributed by atoms with E-state index in [9.17, 15) is 9.18 Å². The summed E-state index contributed by atoms with van der Waals surface area (Å²) in [5.74, 6) is -0.242. The first-order chi connectivity index (χ1) is 11.0. The van der Waals surface area contributed by atoms with Crippen LogP contribution >= 0.6 is 0 Å². The van der Waals surface area contributed by atoms with Gasteiger partial charge in [-0.15, -0.1) is 0 Å². The number of carbonyl (C=O) groups excluding carboxylic acids is 1. The first-order valence-electron chi connectivity index (χ1n) is 7.82. The van der Waals surface area contributed by atoms with E-state index >= 15 is 0 Å². The van der Waals surface area contributed by atoms with Crippen LogP contribution in [0.15, 0.2) is 24.3 Å². The topological polar surface area (TPSA) is 64.2 Å². The maximum absolute atomic E-state index is 14.5. The highest BCUT2D eigenvalue weighted by Crippen LogP contribution is 2.21. The minimum Gasteiger partial charge on any atom is -0.338 e. The lowest BCUT2D eigenvalue weighted by atomic mass is 10.1. The van der Waals surface area contributed by atoms with Crippen LogP contribution in [0.4, 0.5) is 4.39 Å². The van der Waals surface area contributed by atoms with Gasteiger partial charge in [-0.3, -0.25) is 4.79 Å². The van der Waals surface area contributed by atoms with E-state index in [0.717, 1.165) is 17.8 Å². The number of hydrogen-bond acceptors (Lipinski definition) is 3. The Kier molecular flexibility index (Phi) is 4.17. The van der Waals surface area contributed by atoms with Crippen LogP contribution in [0.1, 0.15) is 28.2 Å². The summed E-state index contributed by atoms with van der Waals surface area (Å²) in [6, 6.07) is 6.45. The summed E-state index contributed by atoms with van der Waals surface area (Å²) in [6.45, 7) is 5.64. The SMILES string of the molecule is Cc1cc(C)n(-c2ccc(C(=O)N3CC[C@H](CN)C3)cc2F)n1. The number of hydrogen-bond donors (Lipinski definition) is 1. The molecule has 1 aromatic heterocycles. The maximum atomic E-state index is 14.5. The highest BCUT2D eigenvalue weighted by atomic mass is 19.1. The minimum absolute atomic E-state index is 0.139. The maximum Gasteiger partial charge on any atom is 0.253 e. The largest absolute Gasteiger partial charge is 0.338 e. The van der Waals surface area contributed by atoms with E-state index in [4.69, 9.17) is 5.73 Å². The zero-order valence-corrected chi connectivity index (χ0v) is 13.4. The molecule has 2 aromatic rings. The Morgan fingerprint density at radius 2 is 2.17 bits per heavy atom. The van der Waals surface area contributed by atoms with Crippen molar-refractivity contribution < 1.29 is 9.18 Å². The highest BCUT2D eigenvalue weighted by molar-refractivity contribution is 5.94. The fourth-order valence-corrected chi connectivity index (χ4v) is 3.08. The number of likely N-dealkylation sites (tertiary alicyclic amines) is 1. The molecule has 1 saturated heterocycles. The number of aryl methyl sites for hydroxylation is 2. The van der Waals surface area contributed by atoms with Crippen molar-refractivity contribution in [2.24, 2.45) is 11.7 Å². The summed E-state index contributed by atoms with van der Waals surface area (Å²) in [5, 5.41) is 4.28. The Bertz CT molecular complexity index is 740. The summed E-state index contributed by atoms with van der Waals surface area (Å²) in [7, 11) is 0. The quantitative estimate of drug-likeness (QED) is 0.942.